The molecule has 1 amide bonds. The summed E-state index contributed by atoms with van der Waals surface area (Å²) < 4.78 is 0. The number of amides is 1. The molecule has 25 heavy (non-hydrogen) atoms. The molecule has 0 aliphatic rings. The Bertz CT molecular complexity index is 939. The molecule has 0 fully saturated rings. The quantitative estimate of drug-likeness (QED) is 0.724. The lowest BCUT2D eigenvalue weighted by molar-refractivity contribution is -0.114. The molecule has 7 heteroatoms. The van der Waals surface area contributed by atoms with E-state index < -0.39 is 0 Å². The Morgan fingerprint density at radius 3 is 2.80 bits per heavy atom. The molecule has 0 spiro atoms. The predicted octanol–water partition coefficient (Wildman–Crippen LogP) is 4.04. The van der Waals surface area contributed by atoms with Crippen LogP contribution in [0.25, 0.3) is 22.5 Å². The van der Waals surface area contributed by atoms with Crippen molar-refractivity contribution in [2.24, 2.45) is 5.73 Å². The molecule has 5 nitrogen and oxygen atoms in total. The molecule has 2 aromatic heterocycles. The van der Waals surface area contributed by atoms with Crippen LogP contribution >= 0.6 is 22.9 Å². The van der Waals surface area contributed by atoms with Crippen LogP contribution < -0.4 is 11.1 Å². The first-order valence-electron chi connectivity index (χ1n) is 7.68. The van der Waals surface area contributed by atoms with Gasteiger partial charge in [-0.3, -0.25) is 9.78 Å². The number of thiazole rings is 1. The number of carbonyl (C=O) groups excluding carboxylic acids is 1. The zero-order chi connectivity index (χ0) is 18.0. The van der Waals surface area contributed by atoms with E-state index in [1.54, 1.807) is 0 Å². The summed E-state index contributed by atoms with van der Waals surface area (Å²) in [5.74, 6) is -0.263. The molecule has 1 aromatic carbocycles. The number of benzene rings is 1. The van der Waals surface area contributed by atoms with E-state index in [9.17, 15) is 4.79 Å². The third-order valence-corrected chi connectivity index (χ3v) is 4.77. The number of aromatic nitrogens is 2. The van der Waals surface area contributed by atoms with E-state index in [-0.39, 0.29) is 12.5 Å². The minimum atomic E-state index is -0.263. The highest BCUT2D eigenvalue weighted by atomic mass is 35.5. The molecule has 0 unspecified atom stereocenters. The third kappa shape index (κ3) is 3.87. The molecule has 0 radical (unpaired) electrons. The maximum Gasteiger partial charge on any atom is 0.239 e. The summed E-state index contributed by atoms with van der Waals surface area (Å²) in [6, 6.07) is 9.77. The largest absolute Gasteiger partial charge is 0.322 e. The molecule has 3 aromatic rings. The van der Waals surface area contributed by atoms with Crippen LogP contribution in [0.4, 0.5) is 5.13 Å². The Morgan fingerprint density at radius 2 is 2.04 bits per heavy atom. The molecule has 2 heterocycles. The lowest BCUT2D eigenvalue weighted by Crippen LogP contribution is -2.21. The second-order valence-electron chi connectivity index (χ2n) is 5.60. The van der Waals surface area contributed by atoms with E-state index in [0.29, 0.717) is 10.2 Å². The molecule has 0 saturated heterocycles. The fraction of sp³-hybridized carbons (Fsp3) is 0.167. The molecule has 3 N–H and O–H groups in total. The fourth-order valence-electron chi connectivity index (χ4n) is 2.40. The Balaban J connectivity index is 2.00. The highest BCUT2D eigenvalue weighted by Gasteiger charge is 2.12. The van der Waals surface area contributed by atoms with Crippen molar-refractivity contribution in [3.05, 3.63) is 52.0 Å². The van der Waals surface area contributed by atoms with Crippen molar-refractivity contribution in [2.45, 2.75) is 13.8 Å². The number of hydrogen-bond acceptors (Lipinski definition) is 5. The summed E-state index contributed by atoms with van der Waals surface area (Å²) in [7, 11) is 0. The molecule has 0 saturated carbocycles. The number of nitrogens with zero attached hydrogens (tertiary/aromatic N) is 2. The number of halogens is 1. The van der Waals surface area contributed by atoms with Crippen LogP contribution in [0, 0.1) is 13.8 Å². The summed E-state index contributed by atoms with van der Waals surface area (Å²) >= 11 is 7.70. The Labute approximate surface area is 154 Å². The van der Waals surface area contributed by atoms with Crippen LogP contribution in [0.5, 0.6) is 0 Å². The predicted molar refractivity (Wildman–Crippen MR) is 103 cm³/mol. The number of pyridine rings is 1. The van der Waals surface area contributed by atoms with Crippen molar-refractivity contribution in [2.75, 3.05) is 11.9 Å². The second-order valence-corrected chi connectivity index (χ2v) is 6.87. The minimum Gasteiger partial charge on any atom is -0.322 e. The van der Waals surface area contributed by atoms with E-state index in [0.717, 1.165) is 33.8 Å². The number of aryl methyl sites for hydroxylation is 2. The van der Waals surface area contributed by atoms with Gasteiger partial charge in [0.2, 0.25) is 5.91 Å². The van der Waals surface area contributed by atoms with Gasteiger partial charge in [0.25, 0.3) is 0 Å². The number of hydrogen-bond donors (Lipinski definition) is 2. The van der Waals surface area contributed by atoms with Crippen molar-refractivity contribution < 1.29 is 4.79 Å². The van der Waals surface area contributed by atoms with Gasteiger partial charge < -0.3 is 11.1 Å². The normalized spacial score (nSPS) is 10.7. The summed E-state index contributed by atoms with van der Waals surface area (Å²) in [6.07, 6.45) is 0. The first-order chi connectivity index (χ1) is 12.0. The third-order valence-electron chi connectivity index (χ3n) is 3.71. The topological polar surface area (TPSA) is 80.9 Å². The van der Waals surface area contributed by atoms with E-state index in [1.165, 1.54) is 11.3 Å². The van der Waals surface area contributed by atoms with Crippen LogP contribution in [0.1, 0.15) is 11.3 Å². The lowest BCUT2D eigenvalue weighted by atomic mass is 10.0. The van der Waals surface area contributed by atoms with Crippen LogP contribution in [-0.4, -0.2) is 22.4 Å². The highest BCUT2D eigenvalue weighted by Crippen LogP contribution is 2.33. The molecule has 0 aliphatic heterocycles. The maximum absolute atomic E-state index is 11.4. The number of anilines is 1. The van der Waals surface area contributed by atoms with Gasteiger partial charge in [-0.25, -0.2) is 4.98 Å². The zero-order valence-corrected chi connectivity index (χ0v) is 15.4. The minimum absolute atomic E-state index is 0.0683. The number of nitrogens with two attached hydrogens (primary N) is 1. The van der Waals surface area contributed by atoms with E-state index in [1.807, 2.05) is 49.6 Å². The lowest BCUT2D eigenvalue weighted by Gasteiger charge is -2.10. The summed E-state index contributed by atoms with van der Waals surface area (Å²) in [6.45, 7) is 3.89. The number of nitrogens with one attached hydrogen (secondary N) is 1. The van der Waals surface area contributed by atoms with Crippen LogP contribution in [-0.2, 0) is 4.79 Å². The van der Waals surface area contributed by atoms with Crippen molar-refractivity contribution in [3.8, 4) is 22.5 Å². The second kappa shape index (κ2) is 7.31. The van der Waals surface area contributed by atoms with Gasteiger partial charge in [0.1, 0.15) is 0 Å². The SMILES string of the molecule is Cc1ccc(Cl)c(-c2cc(-c3csc(NC(=O)CN)n3)ccc2C)n1. The number of rotatable bonds is 4. The molecule has 0 atom stereocenters. The summed E-state index contributed by atoms with van der Waals surface area (Å²) in [5, 5.41) is 5.70. The van der Waals surface area contributed by atoms with Crippen molar-refractivity contribution in [3.63, 3.8) is 0 Å². The number of carbonyl (C=O) groups is 1. The fourth-order valence-corrected chi connectivity index (χ4v) is 3.34. The van der Waals surface area contributed by atoms with Crippen molar-refractivity contribution in [1.29, 1.82) is 0 Å². The van der Waals surface area contributed by atoms with Crippen molar-refractivity contribution in [1.82, 2.24) is 9.97 Å². The zero-order valence-electron chi connectivity index (χ0n) is 13.8. The summed E-state index contributed by atoms with van der Waals surface area (Å²) in [4.78, 5) is 20.4. The molecular formula is C18H17ClN4OS. The van der Waals surface area contributed by atoms with Crippen LogP contribution in [0.2, 0.25) is 5.02 Å². The van der Waals surface area contributed by atoms with Crippen LogP contribution in [0.15, 0.2) is 35.7 Å². The van der Waals surface area contributed by atoms with Crippen molar-refractivity contribution >= 4 is 34.0 Å². The first-order valence-corrected chi connectivity index (χ1v) is 8.93. The average molecular weight is 373 g/mol. The molecule has 3 rings (SSSR count). The van der Waals surface area contributed by atoms with E-state index in [2.05, 4.69) is 15.3 Å². The first kappa shape index (κ1) is 17.5. The molecular weight excluding hydrogens is 356 g/mol. The van der Waals surface area contributed by atoms with Gasteiger partial charge in [-0.2, -0.15) is 0 Å². The Kier molecular flexibility index (Phi) is 5.13. The standard InChI is InChI=1S/C18H17ClN4OS/c1-10-3-5-12(15-9-25-18(22-15)23-16(24)8-20)7-13(10)17-14(19)6-4-11(2)21-17/h3-7,9H,8,20H2,1-2H3,(H,22,23,24). The molecule has 0 bridgehead atoms. The average Bonchev–Trinajstić information content (AvgIpc) is 3.06. The van der Waals surface area contributed by atoms with Gasteiger partial charge in [0.05, 0.1) is 23.0 Å². The van der Waals surface area contributed by atoms with Gasteiger partial charge in [-0.1, -0.05) is 23.7 Å². The van der Waals surface area contributed by atoms with Gasteiger partial charge in [-0.05, 0) is 37.6 Å². The monoisotopic (exact) mass is 372 g/mol. The molecule has 128 valence electrons. The van der Waals surface area contributed by atoms with Crippen LogP contribution in [0.3, 0.4) is 0 Å². The van der Waals surface area contributed by atoms with Gasteiger partial charge in [0, 0.05) is 22.2 Å². The Hall–Kier alpha value is -2.28. The molecule has 0 aliphatic carbocycles. The summed E-state index contributed by atoms with van der Waals surface area (Å²) in [5.41, 5.74) is 10.7. The highest BCUT2D eigenvalue weighted by molar-refractivity contribution is 7.14. The Morgan fingerprint density at radius 1 is 1.24 bits per heavy atom. The van der Waals surface area contributed by atoms with Gasteiger partial charge in [0.15, 0.2) is 5.13 Å². The van der Waals surface area contributed by atoms with Gasteiger partial charge >= 0.3 is 0 Å². The van der Waals surface area contributed by atoms with E-state index >= 15 is 0 Å². The van der Waals surface area contributed by atoms with E-state index in [4.69, 9.17) is 17.3 Å². The van der Waals surface area contributed by atoms with Gasteiger partial charge in [-0.15, -0.1) is 11.3 Å². The maximum atomic E-state index is 11.4. The smallest absolute Gasteiger partial charge is 0.239 e.